The van der Waals surface area contributed by atoms with Gasteiger partial charge in [0.05, 0.1) is 25.4 Å². The zero-order valence-electron chi connectivity index (χ0n) is 47.7. The van der Waals surface area contributed by atoms with Gasteiger partial charge in [0.2, 0.25) is 5.91 Å². The molecule has 6 heteroatoms. The quantitative estimate of drug-likeness (QED) is 0.0321. The summed E-state index contributed by atoms with van der Waals surface area (Å²) in [6.07, 6.45) is 75.8. The van der Waals surface area contributed by atoms with Crippen LogP contribution in [-0.2, 0) is 14.3 Å². The Balaban J connectivity index is 3.47. The summed E-state index contributed by atoms with van der Waals surface area (Å²) in [5, 5.41) is 23.4. The Labute approximate surface area is 443 Å². The number of ether oxygens (including phenoxy) is 1. The number of aliphatic hydroxyl groups excluding tert-OH is 2. The number of hydrogen-bond acceptors (Lipinski definition) is 5. The monoisotopic (exact) mass is 998 g/mol. The van der Waals surface area contributed by atoms with Crippen LogP contribution in [-0.4, -0.2) is 47.4 Å². The van der Waals surface area contributed by atoms with Gasteiger partial charge in [-0.3, -0.25) is 9.59 Å². The number of amides is 1. The maximum atomic E-state index is 12.5. The Morgan fingerprint density at radius 2 is 0.704 bits per heavy atom. The highest BCUT2D eigenvalue weighted by molar-refractivity contribution is 5.76. The number of allylic oxidation sites excluding steroid dienone is 6. The van der Waals surface area contributed by atoms with Gasteiger partial charge in [-0.1, -0.05) is 281 Å². The summed E-state index contributed by atoms with van der Waals surface area (Å²) in [7, 11) is 0. The third-order valence-corrected chi connectivity index (χ3v) is 14.7. The lowest BCUT2D eigenvalue weighted by Crippen LogP contribution is -2.45. The SMILES string of the molecule is CCCCC/C=C\C/C=C\CCCCCCCC(=O)OCCCCCCCCC/C=C\CCCCCCCC(=O)NC(CO)C(O)CCCCCCCCCCCCCCCCCCCCCCCCC. The molecule has 0 aromatic heterocycles. The van der Waals surface area contributed by atoms with Crippen LogP contribution < -0.4 is 5.32 Å². The van der Waals surface area contributed by atoms with Crippen LogP contribution in [0.4, 0.5) is 0 Å². The van der Waals surface area contributed by atoms with E-state index in [4.69, 9.17) is 4.74 Å². The highest BCUT2D eigenvalue weighted by Crippen LogP contribution is 2.18. The van der Waals surface area contributed by atoms with Gasteiger partial charge in [0.15, 0.2) is 0 Å². The van der Waals surface area contributed by atoms with Crippen LogP contribution in [0.2, 0.25) is 0 Å². The minimum Gasteiger partial charge on any atom is -0.466 e. The third kappa shape index (κ3) is 57.2. The number of aliphatic hydroxyl groups is 2. The smallest absolute Gasteiger partial charge is 0.305 e. The van der Waals surface area contributed by atoms with Gasteiger partial charge in [-0.15, -0.1) is 0 Å². The van der Waals surface area contributed by atoms with E-state index in [9.17, 15) is 19.8 Å². The van der Waals surface area contributed by atoms with Crippen molar-refractivity contribution in [3.63, 3.8) is 0 Å². The zero-order chi connectivity index (χ0) is 51.4. The number of nitrogens with one attached hydrogen (secondary N) is 1. The molecular weight excluding hydrogens is 875 g/mol. The molecule has 0 fully saturated rings. The van der Waals surface area contributed by atoms with Gasteiger partial charge in [-0.05, 0) is 83.5 Å². The molecular formula is C65H123NO5. The summed E-state index contributed by atoms with van der Waals surface area (Å²) in [6.45, 7) is 4.92. The number of carbonyl (C=O) groups excluding carboxylic acids is 2. The van der Waals surface area contributed by atoms with Gasteiger partial charge in [-0.2, -0.15) is 0 Å². The summed E-state index contributed by atoms with van der Waals surface area (Å²) >= 11 is 0. The fraction of sp³-hybridized carbons (Fsp3) is 0.877. The molecule has 0 saturated carbocycles. The first-order valence-corrected chi connectivity index (χ1v) is 31.7. The Bertz CT molecular complexity index is 1150. The van der Waals surface area contributed by atoms with E-state index in [1.165, 1.54) is 238 Å². The topological polar surface area (TPSA) is 95.9 Å². The Hall–Kier alpha value is -1.92. The second kappa shape index (κ2) is 60.6. The molecule has 0 aliphatic heterocycles. The second-order valence-electron chi connectivity index (χ2n) is 21.7. The van der Waals surface area contributed by atoms with Crippen molar-refractivity contribution in [3.8, 4) is 0 Å². The number of unbranched alkanes of at least 4 members (excludes halogenated alkanes) is 42. The van der Waals surface area contributed by atoms with E-state index >= 15 is 0 Å². The second-order valence-corrected chi connectivity index (χ2v) is 21.7. The fourth-order valence-electron chi connectivity index (χ4n) is 9.78. The van der Waals surface area contributed by atoms with Crippen molar-refractivity contribution >= 4 is 11.9 Å². The maximum Gasteiger partial charge on any atom is 0.305 e. The van der Waals surface area contributed by atoms with E-state index < -0.39 is 12.1 Å². The molecule has 2 unspecified atom stereocenters. The van der Waals surface area contributed by atoms with E-state index in [0.29, 0.717) is 25.9 Å². The molecule has 71 heavy (non-hydrogen) atoms. The lowest BCUT2D eigenvalue weighted by molar-refractivity contribution is -0.143. The van der Waals surface area contributed by atoms with Crippen molar-refractivity contribution in [3.05, 3.63) is 36.5 Å². The van der Waals surface area contributed by atoms with E-state index in [2.05, 4.69) is 55.6 Å². The van der Waals surface area contributed by atoms with Crippen LogP contribution in [0.25, 0.3) is 0 Å². The molecule has 1 amide bonds. The number of rotatable bonds is 59. The van der Waals surface area contributed by atoms with Crippen LogP contribution in [0.3, 0.4) is 0 Å². The Morgan fingerprint density at radius 3 is 1.11 bits per heavy atom. The lowest BCUT2D eigenvalue weighted by Gasteiger charge is -2.22. The van der Waals surface area contributed by atoms with Crippen molar-refractivity contribution in [1.29, 1.82) is 0 Å². The zero-order valence-corrected chi connectivity index (χ0v) is 47.7. The number of carbonyl (C=O) groups is 2. The molecule has 0 aliphatic carbocycles. The molecule has 0 aromatic carbocycles. The van der Waals surface area contributed by atoms with Crippen molar-refractivity contribution in [2.24, 2.45) is 0 Å². The maximum absolute atomic E-state index is 12.5. The molecule has 3 N–H and O–H groups in total. The predicted octanol–water partition coefficient (Wildman–Crippen LogP) is 20.0. The van der Waals surface area contributed by atoms with Crippen LogP contribution in [0.15, 0.2) is 36.5 Å². The first kappa shape index (κ1) is 69.1. The van der Waals surface area contributed by atoms with E-state index in [1.807, 2.05) is 0 Å². The summed E-state index contributed by atoms with van der Waals surface area (Å²) in [6, 6.07) is -0.556. The molecule has 0 saturated heterocycles. The minimum absolute atomic E-state index is 0.0163. The lowest BCUT2D eigenvalue weighted by atomic mass is 10.0. The molecule has 418 valence electrons. The average molecular weight is 999 g/mol. The molecule has 2 atom stereocenters. The van der Waals surface area contributed by atoms with Crippen LogP contribution in [0.1, 0.15) is 341 Å². The van der Waals surface area contributed by atoms with E-state index in [-0.39, 0.29) is 18.5 Å². The van der Waals surface area contributed by atoms with Gasteiger partial charge in [-0.25, -0.2) is 0 Å². The van der Waals surface area contributed by atoms with Crippen LogP contribution in [0, 0.1) is 0 Å². The van der Waals surface area contributed by atoms with Crippen molar-refractivity contribution in [2.75, 3.05) is 13.2 Å². The first-order valence-electron chi connectivity index (χ1n) is 31.7. The van der Waals surface area contributed by atoms with Crippen LogP contribution >= 0.6 is 0 Å². The molecule has 0 radical (unpaired) electrons. The van der Waals surface area contributed by atoms with Gasteiger partial charge in [0.25, 0.3) is 0 Å². The van der Waals surface area contributed by atoms with Gasteiger partial charge < -0.3 is 20.3 Å². The summed E-state index contributed by atoms with van der Waals surface area (Å²) in [4.78, 5) is 24.6. The Kier molecular flexibility index (Phi) is 59.0. The average Bonchev–Trinajstić information content (AvgIpc) is 3.37. The van der Waals surface area contributed by atoms with Gasteiger partial charge in [0, 0.05) is 12.8 Å². The molecule has 6 nitrogen and oxygen atoms in total. The molecule has 0 heterocycles. The Morgan fingerprint density at radius 1 is 0.394 bits per heavy atom. The van der Waals surface area contributed by atoms with Gasteiger partial charge >= 0.3 is 5.97 Å². The summed E-state index contributed by atoms with van der Waals surface area (Å²) in [5.41, 5.74) is 0. The molecule has 0 aliphatic rings. The highest BCUT2D eigenvalue weighted by Gasteiger charge is 2.20. The molecule has 0 rings (SSSR count). The van der Waals surface area contributed by atoms with Gasteiger partial charge in [0.1, 0.15) is 0 Å². The predicted molar refractivity (Wildman–Crippen MR) is 310 cm³/mol. The molecule has 0 spiro atoms. The highest BCUT2D eigenvalue weighted by atomic mass is 16.5. The van der Waals surface area contributed by atoms with Crippen LogP contribution in [0.5, 0.6) is 0 Å². The molecule has 0 aromatic rings. The summed E-state index contributed by atoms with van der Waals surface area (Å²) in [5.74, 6) is -0.0659. The van der Waals surface area contributed by atoms with Crippen molar-refractivity contribution in [2.45, 2.75) is 353 Å². The largest absolute Gasteiger partial charge is 0.466 e. The fourth-order valence-corrected chi connectivity index (χ4v) is 9.78. The normalized spacial score (nSPS) is 12.8. The standard InChI is InChI=1S/C65H123NO5/c1-3-5-7-9-11-13-15-17-19-20-21-22-23-24-25-26-30-33-37-41-45-49-53-57-63(68)62(61-67)66-64(69)58-54-50-46-42-38-34-31-27-28-32-36-40-44-48-52-56-60-71-65(70)59-55-51-47-43-39-35-29-18-16-14-12-10-8-6-4-2/h12,14,18,27,29,31,62-63,67-68H,3-11,13,15-17,19-26,28,30,32-61H2,1-2H3,(H,66,69)/b14-12-,29-18-,31-27-. The minimum atomic E-state index is -0.677. The first-order chi connectivity index (χ1) is 35.0. The number of hydrogen-bond donors (Lipinski definition) is 3. The third-order valence-electron chi connectivity index (χ3n) is 14.7. The molecule has 0 bridgehead atoms. The number of esters is 1. The van der Waals surface area contributed by atoms with Crippen molar-refractivity contribution < 1.29 is 24.5 Å². The van der Waals surface area contributed by atoms with E-state index in [1.54, 1.807) is 0 Å². The van der Waals surface area contributed by atoms with E-state index in [0.717, 1.165) is 70.6 Å². The summed E-state index contributed by atoms with van der Waals surface area (Å²) < 4.78 is 5.47. The van der Waals surface area contributed by atoms with Crippen molar-refractivity contribution in [1.82, 2.24) is 5.32 Å².